The van der Waals surface area contributed by atoms with E-state index in [1.54, 1.807) is 46.0 Å². The summed E-state index contributed by atoms with van der Waals surface area (Å²) in [7, 11) is 4.66. The number of carbonyl (C=O) groups excluding carboxylic acids is 1. The third kappa shape index (κ3) is 5.28. The molecule has 0 aliphatic rings. The monoisotopic (exact) mass is 395 g/mol. The fraction of sp³-hybridized carbons (Fsp3) is 0.273. The molecule has 0 aliphatic heterocycles. The fourth-order valence-electron chi connectivity index (χ4n) is 3.12. The number of nitrogens with zero attached hydrogens (tertiary/aromatic N) is 2. The average Bonchev–Trinajstić information content (AvgIpc) is 3.24. The highest BCUT2D eigenvalue weighted by Gasteiger charge is 2.15. The number of benzene rings is 2. The molecule has 7 heteroatoms. The number of imidazole rings is 1. The normalized spacial score (nSPS) is 10.4. The molecule has 0 aliphatic carbocycles. The van der Waals surface area contributed by atoms with Gasteiger partial charge in [0, 0.05) is 25.5 Å². The van der Waals surface area contributed by atoms with Gasteiger partial charge in [-0.1, -0.05) is 24.3 Å². The molecule has 7 nitrogen and oxygen atoms in total. The van der Waals surface area contributed by atoms with E-state index in [2.05, 4.69) is 22.4 Å². The summed E-state index contributed by atoms with van der Waals surface area (Å²) >= 11 is 0. The maximum Gasteiger partial charge on any atom is 0.224 e. The van der Waals surface area contributed by atoms with Crippen LogP contribution in [0.2, 0.25) is 0 Å². The summed E-state index contributed by atoms with van der Waals surface area (Å²) in [5.74, 6) is 1.48. The summed E-state index contributed by atoms with van der Waals surface area (Å²) in [5.41, 5.74) is 2.98. The van der Waals surface area contributed by atoms with Crippen LogP contribution in [0.1, 0.15) is 16.7 Å². The Morgan fingerprint density at radius 1 is 1.00 bits per heavy atom. The Morgan fingerprint density at radius 3 is 2.34 bits per heavy atom. The Bertz CT molecular complexity index is 929. The molecule has 1 amide bonds. The number of rotatable bonds is 9. The van der Waals surface area contributed by atoms with Crippen molar-refractivity contribution in [3.05, 3.63) is 71.8 Å². The molecule has 0 spiro atoms. The lowest BCUT2D eigenvalue weighted by Crippen LogP contribution is -2.24. The minimum atomic E-state index is -0.0840. The minimum Gasteiger partial charge on any atom is -0.493 e. The first-order valence-electron chi connectivity index (χ1n) is 9.22. The van der Waals surface area contributed by atoms with Gasteiger partial charge in [-0.15, -0.1) is 0 Å². The molecule has 1 aromatic heterocycles. The molecule has 0 saturated heterocycles. The zero-order chi connectivity index (χ0) is 20.6. The average molecular weight is 395 g/mol. The zero-order valence-corrected chi connectivity index (χ0v) is 16.8. The first-order valence-corrected chi connectivity index (χ1v) is 9.22. The Balaban J connectivity index is 1.61. The number of methoxy groups -OCH3 is 3. The summed E-state index contributed by atoms with van der Waals surface area (Å²) in [6, 6.07) is 11.7. The molecule has 152 valence electrons. The van der Waals surface area contributed by atoms with Crippen molar-refractivity contribution in [2.75, 3.05) is 21.3 Å². The summed E-state index contributed by atoms with van der Waals surface area (Å²) in [4.78, 5) is 16.5. The Hall–Kier alpha value is -3.48. The molecule has 0 saturated carbocycles. The standard InChI is InChI=1S/C22H25N3O4/c1-27-19-10-18(11-20(28-2)22(19)29-3)12-21(26)24-13-16-5-4-6-17(9-16)14-25-8-7-23-15-25/h4-11,15H,12-14H2,1-3H3,(H,24,26). The van der Waals surface area contributed by atoms with Crippen molar-refractivity contribution in [3.63, 3.8) is 0 Å². The lowest BCUT2D eigenvalue weighted by atomic mass is 10.1. The van der Waals surface area contributed by atoms with Crippen molar-refractivity contribution in [2.24, 2.45) is 0 Å². The van der Waals surface area contributed by atoms with Crippen LogP contribution < -0.4 is 19.5 Å². The van der Waals surface area contributed by atoms with Crippen molar-refractivity contribution >= 4 is 5.91 Å². The number of nitrogens with one attached hydrogen (secondary N) is 1. The SMILES string of the molecule is COc1cc(CC(=O)NCc2cccc(Cn3ccnc3)c2)cc(OC)c1OC. The van der Waals surface area contributed by atoms with Crippen molar-refractivity contribution in [3.8, 4) is 17.2 Å². The van der Waals surface area contributed by atoms with E-state index in [0.717, 1.165) is 23.2 Å². The van der Waals surface area contributed by atoms with E-state index in [9.17, 15) is 4.79 Å². The molecule has 1 N–H and O–H groups in total. The molecule has 29 heavy (non-hydrogen) atoms. The molecule has 0 atom stereocenters. The third-order valence-corrected chi connectivity index (χ3v) is 4.49. The highest BCUT2D eigenvalue weighted by atomic mass is 16.5. The molecular formula is C22H25N3O4. The summed E-state index contributed by atoms with van der Waals surface area (Å²) in [6.07, 6.45) is 5.68. The van der Waals surface area contributed by atoms with E-state index in [4.69, 9.17) is 14.2 Å². The van der Waals surface area contributed by atoms with Crippen LogP contribution in [0.3, 0.4) is 0 Å². The number of hydrogen-bond donors (Lipinski definition) is 1. The van der Waals surface area contributed by atoms with E-state index < -0.39 is 0 Å². The first kappa shape index (κ1) is 20.3. The smallest absolute Gasteiger partial charge is 0.224 e. The van der Waals surface area contributed by atoms with Crippen LogP contribution in [0.15, 0.2) is 55.1 Å². The van der Waals surface area contributed by atoms with E-state index in [1.807, 2.05) is 22.9 Å². The molecule has 3 aromatic rings. The third-order valence-electron chi connectivity index (χ3n) is 4.49. The summed E-state index contributed by atoms with van der Waals surface area (Å²) in [5, 5.41) is 2.97. The number of aromatic nitrogens is 2. The lowest BCUT2D eigenvalue weighted by molar-refractivity contribution is -0.120. The number of carbonyl (C=O) groups is 1. The lowest BCUT2D eigenvalue weighted by Gasteiger charge is -2.14. The van der Waals surface area contributed by atoms with Crippen molar-refractivity contribution in [1.29, 1.82) is 0 Å². The van der Waals surface area contributed by atoms with E-state index in [1.165, 1.54) is 0 Å². The second-order valence-corrected chi connectivity index (χ2v) is 6.54. The second-order valence-electron chi connectivity index (χ2n) is 6.54. The first-order chi connectivity index (χ1) is 14.1. The van der Waals surface area contributed by atoms with Crippen LogP contribution >= 0.6 is 0 Å². The van der Waals surface area contributed by atoms with Gasteiger partial charge in [0.15, 0.2) is 11.5 Å². The van der Waals surface area contributed by atoms with Gasteiger partial charge in [-0.05, 0) is 28.8 Å². The Labute approximate surface area is 170 Å². The molecule has 0 bridgehead atoms. The van der Waals surface area contributed by atoms with E-state index in [-0.39, 0.29) is 12.3 Å². The molecule has 0 unspecified atom stereocenters. The van der Waals surface area contributed by atoms with Gasteiger partial charge in [0.05, 0.1) is 34.1 Å². The van der Waals surface area contributed by atoms with Crippen LogP contribution in [-0.4, -0.2) is 36.8 Å². The van der Waals surface area contributed by atoms with Crippen molar-refractivity contribution < 1.29 is 19.0 Å². The van der Waals surface area contributed by atoms with Gasteiger partial charge < -0.3 is 24.1 Å². The van der Waals surface area contributed by atoms with E-state index in [0.29, 0.717) is 23.8 Å². The molecule has 1 heterocycles. The number of amides is 1. The topological polar surface area (TPSA) is 74.6 Å². The summed E-state index contributed by atoms with van der Waals surface area (Å²) in [6.45, 7) is 1.20. The zero-order valence-electron chi connectivity index (χ0n) is 16.8. The van der Waals surface area contributed by atoms with Crippen LogP contribution in [0.25, 0.3) is 0 Å². The van der Waals surface area contributed by atoms with Crippen LogP contribution in [0.4, 0.5) is 0 Å². The highest BCUT2D eigenvalue weighted by Crippen LogP contribution is 2.38. The largest absolute Gasteiger partial charge is 0.493 e. The summed E-state index contributed by atoms with van der Waals surface area (Å²) < 4.78 is 18.0. The number of hydrogen-bond acceptors (Lipinski definition) is 5. The fourth-order valence-corrected chi connectivity index (χ4v) is 3.12. The van der Waals surface area contributed by atoms with Crippen LogP contribution in [0, 0.1) is 0 Å². The highest BCUT2D eigenvalue weighted by molar-refractivity contribution is 5.79. The second kappa shape index (κ2) is 9.64. The van der Waals surface area contributed by atoms with Gasteiger partial charge in [0.1, 0.15) is 0 Å². The van der Waals surface area contributed by atoms with Crippen LogP contribution in [0.5, 0.6) is 17.2 Å². The predicted molar refractivity (Wildman–Crippen MR) is 109 cm³/mol. The van der Waals surface area contributed by atoms with Crippen LogP contribution in [-0.2, 0) is 24.3 Å². The van der Waals surface area contributed by atoms with E-state index >= 15 is 0 Å². The minimum absolute atomic E-state index is 0.0840. The Morgan fingerprint density at radius 2 is 1.72 bits per heavy atom. The van der Waals surface area contributed by atoms with Gasteiger partial charge in [0.2, 0.25) is 11.7 Å². The molecule has 2 aromatic carbocycles. The van der Waals surface area contributed by atoms with Gasteiger partial charge in [-0.25, -0.2) is 4.98 Å². The Kier molecular flexibility index (Phi) is 6.73. The molecule has 0 fully saturated rings. The molecule has 3 rings (SSSR count). The van der Waals surface area contributed by atoms with Gasteiger partial charge in [0.25, 0.3) is 0 Å². The predicted octanol–water partition coefficient (Wildman–Crippen LogP) is 2.82. The quantitative estimate of drug-likeness (QED) is 0.603. The molecule has 0 radical (unpaired) electrons. The van der Waals surface area contributed by atoms with Crippen molar-refractivity contribution in [2.45, 2.75) is 19.5 Å². The van der Waals surface area contributed by atoms with Gasteiger partial charge in [-0.2, -0.15) is 0 Å². The number of ether oxygens (including phenoxy) is 3. The van der Waals surface area contributed by atoms with Gasteiger partial charge >= 0.3 is 0 Å². The molecular weight excluding hydrogens is 370 g/mol. The maximum atomic E-state index is 12.4. The maximum absolute atomic E-state index is 12.4. The van der Waals surface area contributed by atoms with Crippen molar-refractivity contribution in [1.82, 2.24) is 14.9 Å². The van der Waals surface area contributed by atoms with Gasteiger partial charge in [-0.3, -0.25) is 4.79 Å².